The number of aryl methyl sites for hydroxylation is 2. The molecule has 0 saturated heterocycles. The molecule has 0 saturated carbocycles. The summed E-state index contributed by atoms with van der Waals surface area (Å²) in [5.74, 6) is 1.20. The topological polar surface area (TPSA) is 82.5 Å². The summed E-state index contributed by atoms with van der Waals surface area (Å²) in [5, 5.41) is 3.86. The van der Waals surface area contributed by atoms with Gasteiger partial charge in [-0.1, -0.05) is 48.2 Å². The number of methoxy groups -OCH3 is 1. The second-order valence-electron chi connectivity index (χ2n) is 7.98. The molecule has 0 unspecified atom stereocenters. The van der Waals surface area contributed by atoms with Gasteiger partial charge in [0.2, 0.25) is 5.91 Å². The standard InChI is InChI=1S/C27H27N3O4S/c1-18-12-13-19(2)22(16-18)30-26(32)20-8-4-5-9-21(20)29-27(30)35-17-25(31)28-14-15-34-24-11-7-6-10-23(24)33-3/h4-13,16H,14-15,17H2,1-3H3,(H,28,31). The molecule has 0 bridgehead atoms. The van der Waals surface area contributed by atoms with Crippen LogP contribution in [0.2, 0.25) is 0 Å². The third kappa shape index (κ3) is 5.66. The predicted molar refractivity (Wildman–Crippen MR) is 139 cm³/mol. The summed E-state index contributed by atoms with van der Waals surface area (Å²) in [6, 6.07) is 20.6. The van der Waals surface area contributed by atoms with E-state index in [0.29, 0.717) is 40.7 Å². The highest BCUT2D eigenvalue weighted by Gasteiger charge is 2.16. The minimum absolute atomic E-state index is 0.115. The van der Waals surface area contributed by atoms with Crippen molar-refractivity contribution in [1.29, 1.82) is 0 Å². The average Bonchev–Trinajstić information content (AvgIpc) is 2.87. The number of thioether (sulfide) groups is 1. The van der Waals surface area contributed by atoms with Crippen molar-refractivity contribution < 1.29 is 14.3 Å². The van der Waals surface area contributed by atoms with Crippen LogP contribution in [0.25, 0.3) is 16.6 Å². The van der Waals surface area contributed by atoms with E-state index in [9.17, 15) is 9.59 Å². The zero-order valence-corrected chi connectivity index (χ0v) is 20.7. The highest BCUT2D eigenvalue weighted by Crippen LogP contribution is 2.26. The first-order valence-corrected chi connectivity index (χ1v) is 12.2. The lowest BCUT2D eigenvalue weighted by atomic mass is 10.1. The van der Waals surface area contributed by atoms with Crippen molar-refractivity contribution >= 4 is 28.6 Å². The van der Waals surface area contributed by atoms with Gasteiger partial charge in [-0.05, 0) is 55.3 Å². The zero-order valence-electron chi connectivity index (χ0n) is 19.9. The molecule has 0 fully saturated rings. The van der Waals surface area contributed by atoms with Crippen molar-refractivity contribution in [3.8, 4) is 17.2 Å². The number of carbonyl (C=O) groups excluding carboxylic acids is 1. The van der Waals surface area contributed by atoms with E-state index in [1.807, 2.05) is 74.5 Å². The SMILES string of the molecule is COc1ccccc1OCCNC(=O)CSc1nc2ccccc2c(=O)n1-c1cc(C)ccc1C. The zero-order chi connectivity index (χ0) is 24.8. The van der Waals surface area contributed by atoms with E-state index in [4.69, 9.17) is 14.5 Å². The second-order valence-corrected chi connectivity index (χ2v) is 8.92. The second kappa shape index (κ2) is 11.1. The van der Waals surface area contributed by atoms with Crippen LogP contribution in [-0.2, 0) is 4.79 Å². The fourth-order valence-electron chi connectivity index (χ4n) is 3.65. The molecule has 1 N–H and O–H groups in total. The highest BCUT2D eigenvalue weighted by atomic mass is 32.2. The maximum Gasteiger partial charge on any atom is 0.266 e. The first kappa shape index (κ1) is 24.3. The summed E-state index contributed by atoms with van der Waals surface area (Å²) in [7, 11) is 1.58. The Morgan fingerprint density at radius 3 is 2.57 bits per heavy atom. The Morgan fingerprint density at radius 1 is 1.03 bits per heavy atom. The lowest BCUT2D eigenvalue weighted by Crippen LogP contribution is -2.30. The van der Waals surface area contributed by atoms with Crippen molar-refractivity contribution in [2.24, 2.45) is 0 Å². The van der Waals surface area contributed by atoms with E-state index in [2.05, 4.69) is 5.32 Å². The Balaban J connectivity index is 1.48. The number of amides is 1. The molecule has 0 aliphatic rings. The van der Waals surface area contributed by atoms with Gasteiger partial charge in [0.05, 0.1) is 36.0 Å². The smallest absolute Gasteiger partial charge is 0.266 e. The van der Waals surface area contributed by atoms with Gasteiger partial charge in [-0.3, -0.25) is 14.2 Å². The van der Waals surface area contributed by atoms with Crippen molar-refractivity contribution in [3.63, 3.8) is 0 Å². The number of para-hydroxylation sites is 3. The first-order chi connectivity index (χ1) is 17.0. The minimum Gasteiger partial charge on any atom is -0.493 e. The van der Waals surface area contributed by atoms with Gasteiger partial charge in [0, 0.05) is 0 Å². The summed E-state index contributed by atoms with van der Waals surface area (Å²) in [6.45, 7) is 4.58. The number of nitrogens with zero attached hydrogens (tertiary/aromatic N) is 2. The molecule has 0 spiro atoms. The predicted octanol–water partition coefficient (Wildman–Crippen LogP) is 4.30. The monoisotopic (exact) mass is 489 g/mol. The molecular formula is C27H27N3O4S. The van der Waals surface area contributed by atoms with Crippen LogP contribution >= 0.6 is 11.8 Å². The van der Waals surface area contributed by atoms with Gasteiger partial charge >= 0.3 is 0 Å². The number of fused-ring (bicyclic) bond motifs is 1. The summed E-state index contributed by atoms with van der Waals surface area (Å²) in [6.07, 6.45) is 0. The normalized spacial score (nSPS) is 10.8. The van der Waals surface area contributed by atoms with Gasteiger partial charge in [-0.2, -0.15) is 0 Å². The van der Waals surface area contributed by atoms with Gasteiger partial charge in [-0.15, -0.1) is 0 Å². The summed E-state index contributed by atoms with van der Waals surface area (Å²) < 4.78 is 12.6. The Bertz CT molecular complexity index is 1420. The maximum atomic E-state index is 13.4. The van der Waals surface area contributed by atoms with E-state index >= 15 is 0 Å². The molecule has 0 aliphatic heterocycles. The van der Waals surface area contributed by atoms with Crippen LogP contribution in [0.3, 0.4) is 0 Å². The molecule has 0 atom stereocenters. The number of rotatable bonds is 9. The third-order valence-electron chi connectivity index (χ3n) is 5.43. The molecule has 3 aromatic carbocycles. The molecule has 1 aromatic heterocycles. The summed E-state index contributed by atoms with van der Waals surface area (Å²) in [4.78, 5) is 30.7. The fourth-order valence-corrected chi connectivity index (χ4v) is 4.49. The average molecular weight is 490 g/mol. The van der Waals surface area contributed by atoms with Gasteiger partial charge in [0.1, 0.15) is 6.61 Å². The lowest BCUT2D eigenvalue weighted by Gasteiger charge is -2.16. The quantitative estimate of drug-likeness (QED) is 0.214. The van der Waals surface area contributed by atoms with Crippen molar-refractivity contribution in [1.82, 2.24) is 14.9 Å². The number of ether oxygens (including phenoxy) is 2. The lowest BCUT2D eigenvalue weighted by molar-refractivity contribution is -0.118. The first-order valence-electron chi connectivity index (χ1n) is 11.2. The van der Waals surface area contributed by atoms with E-state index in [0.717, 1.165) is 16.8 Å². The van der Waals surface area contributed by atoms with Crippen LogP contribution in [-0.4, -0.2) is 41.5 Å². The Labute approximate surface area is 208 Å². The molecule has 1 heterocycles. The summed E-state index contributed by atoms with van der Waals surface area (Å²) in [5.41, 5.74) is 3.20. The van der Waals surface area contributed by atoms with E-state index in [1.54, 1.807) is 17.7 Å². The van der Waals surface area contributed by atoms with E-state index in [-0.39, 0.29) is 17.2 Å². The number of benzene rings is 3. The molecule has 4 aromatic rings. The Morgan fingerprint density at radius 2 is 1.77 bits per heavy atom. The van der Waals surface area contributed by atoms with Crippen LogP contribution in [0.5, 0.6) is 11.5 Å². The molecule has 35 heavy (non-hydrogen) atoms. The Hall–Kier alpha value is -3.78. The van der Waals surface area contributed by atoms with Gasteiger partial charge in [-0.25, -0.2) is 4.98 Å². The number of aromatic nitrogens is 2. The van der Waals surface area contributed by atoms with Gasteiger partial charge in [0.15, 0.2) is 16.7 Å². The number of nitrogens with one attached hydrogen (secondary N) is 1. The van der Waals surface area contributed by atoms with E-state index < -0.39 is 0 Å². The van der Waals surface area contributed by atoms with Gasteiger partial charge < -0.3 is 14.8 Å². The van der Waals surface area contributed by atoms with Crippen LogP contribution < -0.4 is 20.3 Å². The molecule has 8 heteroatoms. The van der Waals surface area contributed by atoms with Crippen LogP contribution in [0.1, 0.15) is 11.1 Å². The van der Waals surface area contributed by atoms with Crippen LogP contribution in [0.15, 0.2) is 76.7 Å². The van der Waals surface area contributed by atoms with E-state index in [1.165, 1.54) is 11.8 Å². The van der Waals surface area contributed by atoms with Crippen molar-refractivity contribution in [2.45, 2.75) is 19.0 Å². The molecular weight excluding hydrogens is 462 g/mol. The number of hydrogen-bond donors (Lipinski definition) is 1. The number of hydrogen-bond acceptors (Lipinski definition) is 6. The van der Waals surface area contributed by atoms with Crippen LogP contribution in [0.4, 0.5) is 0 Å². The summed E-state index contributed by atoms with van der Waals surface area (Å²) >= 11 is 1.23. The third-order valence-corrected chi connectivity index (χ3v) is 6.37. The molecule has 1 amide bonds. The minimum atomic E-state index is -0.173. The number of carbonyl (C=O) groups is 1. The van der Waals surface area contributed by atoms with Crippen LogP contribution in [0, 0.1) is 13.8 Å². The van der Waals surface area contributed by atoms with Gasteiger partial charge in [0.25, 0.3) is 5.56 Å². The Kier molecular flexibility index (Phi) is 7.72. The molecule has 7 nitrogen and oxygen atoms in total. The molecule has 0 radical (unpaired) electrons. The van der Waals surface area contributed by atoms with Crippen molar-refractivity contribution in [2.75, 3.05) is 26.0 Å². The highest BCUT2D eigenvalue weighted by molar-refractivity contribution is 7.99. The van der Waals surface area contributed by atoms with Crippen molar-refractivity contribution in [3.05, 3.63) is 88.2 Å². The largest absolute Gasteiger partial charge is 0.493 e. The molecule has 0 aliphatic carbocycles. The maximum absolute atomic E-state index is 13.4. The fraction of sp³-hybridized carbons (Fsp3) is 0.222. The molecule has 4 rings (SSSR count). The molecule has 180 valence electrons.